The van der Waals surface area contributed by atoms with Crippen molar-refractivity contribution in [2.75, 3.05) is 7.05 Å². The van der Waals surface area contributed by atoms with E-state index >= 15 is 0 Å². The number of fused-ring (bicyclic) bond motifs is 3. The fourth-order valence-corrected chi connectivity index (χ4v) is 6.18. The van der Waals surface area contributed by atoms with Crippen molar-refractivity contribution in [2.24, 2.45) is 22.1 Å². The highest BCUT2D eigenvalue weighted by Crippen LogP contribution is 2.62. The number of alkyl halides is 2. The van der Waals surface area contributed by atoms with Gasteiger partial charge in [-0.3, -0.25) is 9.69 Å². The lowest BCUT2D eigenvalue weighted by Crippen LogP contribution is -2.51. The molecule has 1 aromatic rings. The first kappa shape index (κ1) is 19.9. The molecule has 1 heterocycles. The van der Waals surface area contributed by atoms with Crippen LogP contribution in [0.4, 0.5) is 8.78 Å². The lowest BCUT2D eigenvalue weighted by atomic mass is 9.61. The molecule has 0 radical (unpaired) electrons. The Hall–Kier alpha value is -2.02. The van der Waals surface area contributed by atoms with Crippen LogP contribution in [0.15, 0.2) is 23.2 Å². The quantitative estimate of drug-likeness (QED) is 0.812. The first-order valence-electron chi connectivity index (χ1n) is 11.0. The van der Waals surface area contributed by atoms with Crippen molar-refractivity contribution in [1.82, 2.24) is 4.90 Å². The van der Waals surface area contributed by atoms with E-state index in [1.165, 1.54) is 29.7 Å². The number of nitrogens with zero attached hydrogens (tertiary/aromatic N) is 2. The molecule has 2 spiro atoms. The maximum Gasteiger partial charge on any atom is 0.345 e. The number of ether oxygens (including phenoxy) is 1. The number of guanidine groups is 1. The van der Waals surface area contributed by atoms with Gasteiger partial charge >= 0.3 is 6.61 Å². The van der Waals surface area contributed by atoms with Crippen LogP contribution in [0.3, 0.4) is 0 Å². The Morgan fingerprint density at radius 2 is 2.00 bits per heavy atom. The van der Waals surface area contributed by atoms with Gasteiger partial charge < -0.3 is 10.5 Å². The number of nitrogens with two attached hydrogens (primary N) is 1. The van der Waals surface area contributed by atoms with E-state index < -0.39 is 23.7 Å². The van der Waals surface area contributed by atoms with E-state index in [1.54, 1.807) is 7.05 Å². The Labute approximate surface area is 175 Å². The van der Waals surface area contributed by atoms with Crippen LogP contribution >= 0.6 is 0 Å². The summed E-state index contributed by atoms with van der Waals surface area (Å²) in [6, 6.07) is 6.52. The Morgan fingerprint density at radius 1 is 1.27 bits per heavy atom. The molecule has 3 aliphatic carbocycles. The van der Waals surface area contributed by atoms with Crippen LogP contribution in [-0.2, 0) is 27.9 Å². The number of benzene rings is 1. The molecular formula is C23H29F2N3O2. The Kier molecular flexibility index (Phi) is 4.65. The van der Waals surface area contributed by atoms with Gasteiger partial charge in [0.25, 0.3) is 5.91 Å². The third kappa shape index (κ3) is 2.81. The molecule has 7 heteroatoms. The molecule has 0 saturated heterocycles. The third-order valence-corrected chi connectivity index (χ3v) is 8.03. The first-order chi connectivity index (χ1) is 14.3. The minimum absolute atomic E-state index is 0.0900. The third-order valence-electron chi connectivity index (χ3n) is 8.03. The predicted octanol–water partition coefficient (Wildman–Crippen LogP) is 3.74. The van der Waals surface area contributed by atoms with Crippen LogP contribution in [0.2, 0.25) is 0 Å². The molecule has 0 aromatic heterocycles. The maximum atomic E-state index is 13.6. The number of rotatable bonds is 4. The van der Waals surface area contributed by atoms with Gasteiger partial charge in [0.2, 0.25) is 0 Å². The average molecular weight is 418 g/mol. The summed E-state index contributed by atoms with van der Waals surface area (Å²) in [7, 11) is 1.67. The summed E-state index contributed by atoms with van der Waals surface area (Å²) in [6.07, 6.45) is 7.36. The van der Waals surface area contributed by atoms with Crippen LogP contribution in [0, 0.1) is 11.3 Å². The Balaban J connectivity index is 1.53. The van der Waals surface area contributed by atoms with Gasteiger partial charge in [-0.1, -0.05) is 37.5 Å². The second-order valence-electron chi connectivity index (χ2n) is 9.59. The van der Waals surface area contributed by atoms with Gasteiger partial charge in [0.15, 0.2) is 11.5 Å². The van der Waals surface area contributed by atoms with E-state index in [2.05, 4.69) is 18.2 Å². The second-order valence-corrected chi connectivity index (χ2v) is 9.59. The summed E-state index contributed by atoms with van der Waals surface area (Å²) in [4.78, 5) is 19.9. The molecule has 1 aromatic carbocycles. The summed E-state index contributed by atoms with van der Waals surface area (Å²) in [5, 5.41) is 0. The zero-order valence-corrected chi connectivity index (χ0v) is 17.4. The minimum atomic E-state index is -2.76. The van der Waals surface area contributed by atoms with Crippen LogP contribution in [0.25, 0.3) is 0 Å². The van der Waals surface area contributed by atoms with Gasteiger partial charge in [-0.15, -0.1) is 0 Å². The lowest BCUT2D eigenvalue weighted by Gasteiger charge is -2.45. The fraction of sp³-hybridized carbons (Fsp3) is 0.652. The van der Waals surface area contributed by atoms with Gasteiger partial charge in [0.1, 0.15) is 0 Å². The Morgan fingerprint density at radius 3 is 2.57 bits per heavy atom. The summed E-state index contributed by atoms with van der Waals surface area (Å²) < 4.78 is 30.2. The summed E-state index contributed by atoms with van der Waals surface area (Å²) in [5.74, 6) is 0.877. The molecule has 2 saturated carbocycles. The molecule has 5 nitrogen and oxygen atoms in total. The van der Waals surface area contributed by atoms with Gasteiger partial charge in [-0.2, -0.15) is 8.78 Å². The van der Waals surface area contributed by atoms with Gasteiger partial charge in [0, 0.05) is 12.5 Å². The molecule has 162 valence electrons. The maximum absolute atomic E-state index is 13.6. The molecule has 1 atom stereocenters. The topological polar surface area (TPSA) is 67.9 Å². The van der Waals surface area contributed by atoms with E-state index in [9.17, 15) is 13.6 Å². The molecular weight excluding hydrogens is 388 g/mol. The molecule has 0 bridgehead atoms. The molecule has 5 rings (SSSR count). The molecule has 1 unspecified atom stereocenters. The average Bonchev–Trinajstić information content (AvgIpc) is 3.07. The summed E-state index contributed by atoms with van der Waals surface area (Å²) >= 11 is 0. The summed E-state index contributed by atoms with van der Waals surface area (Å²) in [5.41, 5.74) is 8.04. The standard InChI is InChI=1S/C23H29F2N3O2/c1-28-19(29)23(27-21(28)26)18-12-15(11-14-3-2-4-14)5-6-16(18)13-22(23)9-7-17(8-10-22)30-20(24)25/h5-6,12,14,17,20H,2-4,7-11,13H2,1H3,(H2,26,27). The van der Waals surface area contributed by atoms with Crippen LogP contribution < -0.4 is 5.73 Å². The van der Waals surface area contributed by atoms with Crippen LogP contribution in [0.5, 0.6) is 0 Å². The Bertz CT molecular complexity index is 890. The van der Waals surface area contributed by atoms with Crippen molar-refractivity contribution >= 4 is 11.9 Å². The summed E-state index contributed by atoms with van der Waals surface area (Å²) in [6.45, 7) is -2.76. The molecule has 1 amide bonds. The molecule has 2 fully saturated rings. The van der Waals surface area contributed by atoms with E-state index in [4.69, 9.17) is 15.5 Å². The highest BCUT2D eigenvalue weighted by Gasteiger charge is 2.66. The number of halogens is 2. The highest BCUT2D eigenvalue weighted by molar-refractivity contribution is 6.08. The SMILES string of the molecule is CN1C(=O)C2(N=C1N)c1cc(CC3CCC3)ccc1CC21CCC(OC(F)F)CC1. The number of aliphatic imine (C=N–C) groups is 1. The first-order valence-corrected chi connectivity index (χ1v) is 11.0. The predicted molar refractivity (Wildman–Crippen MR) is 109 cm³/mol. The van der Waals surface area contributed by atoms with E-state index in [1.807, 2.05) is 0 Å². The smallest absolute Gasteiger partial charge is 0.345 e. The van der Waals surface area contributed by atoms with Crippen molar-refractivity contribution < 1.29 is 18.3 Å². The monoisotopic (exact) mass is 417 g/mol. The second kappa shape index (κ2) is 7.01. The molecule has 4 aliphatic rings. The van der Waals surface area contributed by atoms with E-state index in [0.717, 1.165) is 29.9 Å². The number of hydrogen-bond acceptors (Lipinski definition) is 4. The van der Waals surface area contributed by atoms with Crippen molar-refractivity contribution in [3.8, 4) is 0 Å². The van der Waals surface area contributed by atoms with E-state index in [0.29, 0.717) is 25.7 Å². The lowest BCUT2D eigenvalue weighted by molar-refractivity contribution is -0.178. The molecule has 30 heavy (non-hydrogen) atoms. The molecule has 1 aliphatic heterocycles. The van der Waals surface area contributed by atoms with Crippen molar-refractivity contribution in [1.29, 1.82) is 0 Å². The van der Waals surface area contributed by atoms with Gasteiger partial charge in [0.05, 0.1) is 6.10 Å². The minimum Gasteiger partial charge on any atom is -0.369 e. The van der Waals surface area contributed by atoms with Crippen molar-refractivity contribution in [2.45, 2.75) is 76.0 Å². The van der Waals surface area contributed by atoms with Crippen LogP contribution in [0.1, 0.15) is 61.6 Å². The number of carbonyl (C=O) groups is 1. The number of hydrogen-bond donors (Lipinski definition) is 1. The zero-order chi connectivity index (χ0) is 21.1. The van der Waals surface area contributed by atoms with Crippen molar-refractivity contribution in [3.05, 3.63) is 34.9 Å². The van der Waals surface area contributed by atoms with Crippen LogP contribution in [-0.4, -0.2) is 36.5 Å². The van der Waals surface area contributed by atoms with Gasteiger partial charge in [-0.25, -0.2) is 4.99 Å². The number of likely N-dealkylation sites (N-methyl/N-ethyl adjacent to an activating group) is 1. The van der Waals surface area contributed by atoms with Gasteiger partial charge in [-0.05, 0) is 61.1 Å². The zero-order valence-electron chi connectivity index (χ0n) is 17.4. The fourth-order valence-electron chi connectivity index (χ4n) is 6.18. The highest BCUT2D eigenvalue weighted by atomic mass is 19.3. The molecule has 2 N–H and O–H groups in total. The van der Waals surface area contributed by atoms with Crippen molar-refractivity contribution in [3.63, 3.8) is 0 Å². The number of carbonyl (C=O) groups excluding carboxylic acids is 1. The number of amides is 1. The van der Waals surface area contributed by atoms with E-state index in [-0.39, 0.29) is 11.9 Å². The largest absolute Gasteiger partial charge is 0.369 e. The normalized spacial score (nSPS) is 33.5.